The highest BCUT2D eigenvalue weighted by atomic mass is 16.5. The van der Waals surface area contributed by atoms with Crippen molar-refractivity contribution in [2.75, 3.05) is 31.5 Å². The summed E-state index contributed by atoms with van der Waals surface area (Å²) in [6.45, 7) is 3.17. The molecule has 44 heavy (non-hydrogen) atoms. The number of fused-ring (bicyclic) bond motifs is 1. The molecule has 232 valence electrons. The van der Waals surface area contributed by atoms with Gasteiger partial charge in [0.05, 0.1) is 17.9 Å². The number of carbonyl (C=O) groups excluding carboxylic acids is 3. The first-order valence-corrected chi connectivity index (χ1v) is 16.4. The van der Waals surface area contributed by atoms with Crippen molar-refractivity contribution in [1.82, 2.24) is 15.1 Å². The van der Waals surface area contributed by atoms with Gasteiger partial charge in [-0.15, -0.1) is 0 Å². The van der Waals surface area contributed by atoms with Gasteiger partial charge in [-0.1, -0.05) is 56.0 Å². The van der Waals surface area contributed by atoms with Crippen molar-refractivity contribution in [3.05, 3.63) is 66.7 Å². The van der Waals surface area contributed by atoms with E-state index in [0.717, 1.165) is 57.4 Å². The fourth-order valence-corrected chi connectivity index (χ4v) is 7.92. The Balaban J connectivity index is 1.09. The molecule has 5 aliphatic rings. The van der Waals surface area contributed by atoms with Gasteiger partial charge in [0.2, 0.25) is 17.7 Å². The van der Waals surface area contributed by atoms with Crippen molar-refractivity contribution in [3.8, 4) is 11.5 Å². The third-order valence-corrected chi connectivity index (χ3v) is 10.1. The number of benzene rings is 2. The molecule has 4 fully saturated rings. The van der Waals surface area contributed by atoms with Gasteiger partial charge in [-0.25, -0.2) is 0 Å². The summed E-state index contributed by atoms with van der Waals surface area (Å²) in [6.07, 6.45) is 12.0. The summed E-state index contributed by atoms with van der Waals surface area (Å²) in [4.78, 5) is 46.2. The van der Waals surface area contributed by atoms with Crippen LogP contribution in [0.15, 0.2) is 66.7 Å². The lowest BCUT2D eigenvalue weighted by atomic mass is 9.74. The van der Waals surface area contributed by atoms with Gasteiger partial charge in [-0.05, 0) is 75.2 Å². The molecule has 0 aromatic heterocycles. The molecular formula is C35H42N4O5. The number of amides is 3. The van der Waals surface area contributed by atoms with Crippen LogP contribution in [0.3, 0.4) is 0 Å². The molecule has 2 bridgehead atoms. The van der Waals surface area contributed by atoms with E-state index in [0.29, 0.717) is 24.5 Å². The normalized spacial score (nSPS) is 29.9. The lowest BCUT2D eigenvalue weighted by Crippen LogP contribution is -2.57. The maximum atomic E-state index is 14.3. The number of piperidine rings is 1. The number of likely N-dealkylation sites (tertiary alicyclic amines) is 2. The Labute approximate surface area is 258 Å². The predicted octanol–water partition coefficient (Wildman–Crippen LogP) is 4.50. The summed E-state index contributed by atoms with van der Waals surface area (Å²) in [5, 5.41) is 6.28. The van der Waals surface area contributed by atoms with Gasteiger partial charge in [0.25, 0.3) is 0 Å². The van der Waals surface area contributed by atoms with Crippen LogP contribution in [0.5, 0.6) is 11.5 Å². The van der Waals surface area contributed by atoms with Gasteiger partial charge in [0, 0.05) is 24.8 Å². The van der Waals surface area contributed by atoms with Gasteiger partial charge >= 0.3 is 0 Å². The molecule has 1 aliphatic carbocycles. The van der Waals surface area contributed by atoms with E-state index in [1.807, 2.05) is 42.5 Å². The van der Waals surface area contributed by atoms with Crippen LogP contribution in [0.1, 0.15) is 51.4 Å². The molecule has 7 rings (SSSR count). The van der Waals surface area contributed by atoms with Crippen LogP contribution in [0.25, 0.3) is 0 Å². The predicted molar refractivity (Wildman–Crippen MR) is 166 cm³/mol. The second kappa shape index (κ2) is 12.4. The molecule has 1 saturated carbocycles. The van der Waals surface area contributed by atoms with Gasteiger partial charge in [0.1, 0.15) is 23.1 Å². The largest absolute Gasteiger partial charge is 0.457 e. The summed E-state index contributed by atoms with van der Waals surface area (Å²) in [5.74, 6) is -0.690. The van der Waals surface area contributed by atoms with Crippen molar-refractivity contribution < 1.29 is 23.9 Å². The van der Waals surface area contributed by atoms with E-state index in [1.165, 1.54) is 12.8 Å². The molecule has 2 aromatic carbocycles. The van der Waals surface area contributed by atoms with Crippen molar-refractivity contribution in [2.45, 2.75) is 75.2 Å². The Morgan fingerprint density at radius 3 is 2.32 bits per heavy atom. The fraction of sp³-hybridized carbons (Fsp3) is 0.514. The average Bonchev–Trinajstić information content (AvgIpc) is 3.69. The van der Waals surface area contributed by atoms with Crippen molar-refractivity contribution in [2.24, 2.45) is 11.8 Å². The number of rotatable bonds is 9. The Kier molecular flexibility index (Phi) is 8.16. The molecule has 1 spiro atoms. The molecule has 0 radical (unpaired) electrons. The number of nitrogens with zero attached hydrogens (tertiary/aromatic N) is 2. The molecule has 0 unspecified atom stereocenters. The van der Waals surface area contributed by atoms with E-state index in [4.69, 9.17) is 9.47 Å². The highest BCUT2D eigenvalue weighted by Crippen LogP contribution is 2.55. The van der Waals surface area contributed by atoms with Crippen LogP contribution >= 0.6 is 0 Å². The van der Waals surface area contributed by atoms with E-state index in [-0.39, 0.29) is 23.8 Å². The topological polar surface area (TPSA) is 100 Å². The molecule has 5 atom stereocenters. The second-order valence-corrected chi connectivity index (χ2v) is 12.9. The van der Waals surface area contributed by atoms with Crippen molar-refractivity contribution in [3.63, 3.8) is 0 Å². The standard InChI is InChI=1S/C35H42N4O5/c40-32(36-25-14-16-27(17-15-25)43-26-12-6-2-7-13-26)29-28-18-19-35(44-28)30(29)34(42)39(23-22-38-20-8-3-9-21-38)31(35)33(41)37-24-10-4-1-5-11-24/h2,6-7,12-19,24,28-31H,1,3-5,8-11,20-23H2,(H,36,40)(H,37,41)/t28-,29-,30-,31+,35-/m1/s1. The maximum absolute atomic E-state index is 14.3. The van der Waals surface area contributed by atoms with E-state index in [1.54, 1.807) is 29.2 Å². The summed E-state index contributed by atoms with van der Waals surface area (Å²) in [7, 11) is 0. The van der Waals surface area contributed by atoms with E-state index < -0.39 is 29.6 Å². The monoisotopic (exact) mass is 598 g/mol. The zero-order chi connectivity index (χ0) is 30.1. The quantitative estimate of drug-likeness (QED) is 0.413. The van der Waals surface area contributed by atoms with Crippen LogP contribution in [0.4, 0.5) is 5.69 Å². The minimum atomic E-state index is -1.14. The first kappa shape index (κ1) is 29.0. The molecule has 3 amide bonds. The molecule has 3 saturated heterocycles. The zero-order valence-electron chi connectivity index (χ0n) is 25.2. The lowest BCUT2D eigenvalue weighted by Gasteiger charge is -2.35. The summed E-state index contributed by atoms with van der Waals surface area (Å²) >= 11 is 0. The molecule has 9 nitrogen and oxygen atoms in total. The number of para-hydroxylation sites is 1. The third kappa shape index (κ3) is 5.52. The smallest absolute Gasteiger partial charge is 0.246 e. The van der Waals surface area contributed by atoms with Crippen LogP contribution in [-0.2, 0) is 19.1 Å². The average molecular weight is 599 g/mol. The van der Waals surface area contributed by atoms with E-state index in [9.17, 15) is 14.4 Å². The Hall–Kier alpha value is -3.69. The van der Waals surface area contributed by atoms with Gasteiger partial charge in [0.15, 0.2) is 0 Å². The second-order valence-electron chi connectivity index (χ2n) is 12.9. The van der Waals surface area contributed by atoms with Crippen molar-refractivity contribution >= 4 is 23.4 Å². The Morgan fingerprint density at radius 2 is 1.57 bits per heavy atom. The Bertz CT molecular complexity index is 1390. The first-order valence-electron chi connectivity index (χ1n) is 16.4. The summed E-state index contributed by atoms with van der Waals surface area (Å²) < 4.78 is 12.4. The fourth-order valence-electron chi connectivity index (χ4n) is 7.92. The number of hydrogen-bond donors (Lipinski definition) is 2. The number of ether oxygens (including phenoxy) is 2. The van der Waals surface area contributed by atoms with Crippen LogP contribution in [0.2, 0.25) is 0 Å². The number of nitrogens with one attached hydrogen (secondary N) is 2. The summed E-state index contributed by atoms with van der Waals surface area (Å²) in [6, 6.07) is 16.0. The van der Waals surface area contributed by atoms with E-state index in [2.05, 4.69) is 15.5 Å². The molecular weight excluding hydrogens is 556 g/mol. The highest BCUT2D eigenvalue weighted by molar-refractivity contribution is 6.02. The van der Waals surface area contributed by atoms with E-state index >= 15 is 0 Å². The highest BCUT2D eigenvalue weighted by Gasteiger charge is 2.72. The number of anilines is 1. The number of carbonyl (C=O) groups is 3. The Morgan fingerprint density at radius 1 is 0.864 bits per heavy atom. The van der Waals surface area contributed by atoms with Crippen LogP contribution in [0, 0.1) is 11.8 Å². The molecule has 2 N–H and O–H groups in total. The minimum absolute atomic E-state index is 0.112. The van der Waals surface area contributed by atoms with Crippen LogP contribution < -0.4 is 15.4 Å². The summed E-state index contributed by atoms with van der Waals surface area (Å²) in [5.41, 5.74) is -0.534. The first-order chi connectivity index (χ1) is 21.5. The molecule has 2 aromatic rings. The molecule has 4 aliphatic heterocycles. The van der Waals surface area contributed by atoms with Crippen LogP contribution in [-0.4, -0.2) is 77.5 Å². The lowest BCUT2D eigenvalue weighted by molar-refractivity contribution is -0.141. The third-order valence-electron chi connectivity index (χ3n) is 10.1. The van der Waals surface area contributed by atoms with Gasteiger partial charge in [-0.2, -0.15) is 0 Å². The van der Waals surface area contributed by atoms with Gasteiger partial charge in [-0.3, -0.25) is 14.4 Å². The SMILES string of the molecule is O=C(Nc1ccc(Oc2ccccc2)cc1)[C@@H]1[C@H]2C=C[C@]3(O2)[C@H](C(=O)NC2CCCCC2)N(CCN2CCCCC2)C(=O)[C@@H]13. The molecule has 4 heterocycles. The minimum Gasteiger partial charge on any atom is -0.457 e. The zero-order valence-corrected chi connectivity index (χ0v) is 25.2. The molecule has 9 heteroatoms. The number of hydrogen-bond acceptors (Lipinski definition) is 6. The van der Waals surface area contributed by atoms with Crippen molar-refractivity contribution in [1.29, 1.82) is 0 Å². The van der Waals surface area contributed by atoms with Gasteiger partial charge < -0.3 is 29.9 Å². The maximum Gasteiger partial charge on any atom is 0.246 e.